The molecular weight excluding hydrogens is 681 g/mol. The molecule has 0 amide bonds. The molecular formula is C53H38N2O. The van der Waals surface area contributed by atoms with Crippen LogP contribution in [-0.4, -0.2) is 6.54 Å². The summed E-state index contributed by atoms with van der Waals surface area (Å²) < 4.78 is 6.51. The first-order valence-electron chi connectivity index (χ1n) is 19.8. The van der Waals surface area contributed by atoms with Crippen molar-refractivity contribution in [3.63, 3.8) is 0 Å². The van der Waals surface area contributed by atoms with Gasteiger partial charge in [-0.25, -0.2) is 0 Å². The van der Waals surface area contributed by atoms with Crippen LogP contribution in [-0.2, 0) is 18.5 Å². The van der Waals surface area contributed by atoms with E-state index in [1.807, 2.05) is 6.20 Å². The maximum atomic E-state index is 6.51. The van der Waals surface area contributed by atoms with E-state index >= 15 is 0 Å². The third kappa shape index (κ3) is 4.49. The van der Waals surface area contributed by atoms with Crippen molar-refractivity contribution in [2.24, 2.45) is 0 Å². The van der Waals surface area contributed by atoms with Gasteiger partial charge in [-0.3, -0.25) is 0 Å². The monoisotopic (exact) mass is 718 g/mol. The molecule has 3 nitrogen and oxygen atoms in total. The molecule has 3 heterocycles. The van der Waals surface area contributed by atoms with Gasteiger partial charge in [-0.2, -0.15) is 0 Å². The zero-order valence-electron chi connectivity index (χ0n) is 30.9. The molecule has 12 rings (SSSR count). The van der Waals surface area contributed by atoms with E-state index in [1.54, 1.807) is 0 Å². The molecule has 0 saturated heterocycles. The normalized spacial score (nSPS) is 16.3. The molecule has 7 aromatic carbocycles. The number of hydrogen-bond acceptors (Lipinski definition) is 3. The molecule has 2 aliphatic carbocycles. The minimum absolute atomic E-state index is 0.175. The molecule has 0 radical (unpaired) electrons. The van der Waals surface area contributed by atoms with Crippen LogP contribution in [0.5, 0.6) is 0 Å². The van der Waals surface area contributed by atoms with E-state index in [0.29, 0.717) is 0 Å². The molecule has 1 aromatic heterocycles. The zero-order chi connectivity index (χ0) is 36.8. The minimum Gasteiger partial charge on any atom is -0.460 e. The van der Waals surface area contributed by atoms with Gasteiger partial charge in [0.05, 0.1) is 11.3 Å². The Morgan fingerprint density at radius 1 is 0.464 bits per heavy atom. The highest BCUT2D eigenvalue weighted by Gasteiger charge is 2.52. The maximum Gasteiger partial charge on any atom is 0.133 e. The van der Waals surface area contributed by atoms with Crippen LogP contribution in [0.4, 0.5) is 0 Å². The van der Waals surface area contributed by atoms with Gasteiger partial charge in [-0.05, 0) is 108 Å². The predicted molar refractivity (Wildman–Crippen MR) is 227 cm³/mol. The highest BCUT2D eigenvalue weighted by molar-refractivity contribution is 5.97. The van der Waals surface area contributed by atoms with Gasteiger partial charge < -0.3 is 15.1 Å². The number of fused-ring (bicyclic) bond motifs is 13. The lowest BCUT2D eigenvalue weighted by Crippen LogP contribution is -2.28. The van der Waals surface area contributed by atoms with Crippen LogP contribution in [0.2, 0.25) is 0 Å². The van der Waals surface area contributed by atoms with Crippen LogP contribution in [0.3, 0.4) is 0 Å². The van der Waals surface area contributed by atoms with Gasteiger partial charge >= 0.3 is 0 Å². The lowest BCUT2D eigenvalue weighted by atomic mass is 9.69. The molecule has 266 valence electrons. The quantitative estimate of drug-likeness (QED) is 0.190. The fraction of sp³-hybridized carbons (Fsp3) is 0.0943. The third-order valence-electron chi connectivity index (χ3n) is 12.8. The third-order valence-corrected chi connectivity index (χ3v) is 12.8. The second kappa shape index (κ2) is 12.2. The largest absolute Gasteiger partial charge is 0.460 e. The first kappa shape index (κ1) is 31.6. The molecule has 2 aliphatic heterocycles. The van der Waals surface area contributed by atoms with Crippen LogP contribution >= 0.6 is 0 Å². The summed E-state index contributed by atoms with van der Waals surface area (Å²) in [6.45, 7) is 2.53. The van der Waals surface area contributed by atoms with Gasteiger partial charge in [-0.1, -0.05) is 146 Å². The van der Waals surface area contributed by atoms with Crippen LogP contribution < -0.4 is 10.6 Å². The fourth-order valence-electron chi connectivity index (χ4n) is 10.2. The number of furan rings is 1. The highest BCUT2D eigenvalue weighted by atomic mass is 16.3. The molecule has 56 heavy (non-hydrogen) atoms. The summed E-state index contributed by atoms with van der Waals surface area (Å²) in [5.41, 5.74) is 21.4. The number of hydrogen-bond donors (Lipinski definition) is 2. The summed E-state index contributed by atoms with van der Waals surface area (Å²) >= 11 is 0. The summed E-state index contributed by atoms with van der Waals surface area (Å²) in [4.78, 5) is 0. The Morgan fingerprint density at radius 2 is 0.982 bits per heavy atom. The molecule has 2 N–H and O–H groups in total. The smallest absolute Gasteiger partial charge is 0.133 e. The van der Waals surface area contributed by atoms with Gasteiger partial charge in [0, 0.05) is 37.0 Å². The van der Waals surface area contributed by atoms with E-state index in [2.05, 4.69) is 181 Å². The Labute approximate surface area is 327 Å². The number of rotatable bonds is 4. The van der Waals surface area contributed by atoms with E-state index in [0.717, 1.165) is 31.2 Å². The summed E-state index contributed by atoms with van der Waals surface area (Å²) in [7, 11) is 0. The second-order valence-corrected chi connectivity index (χ2v) is 15.6. The molecule has 1 atom stereocenters. The molecule has 3 heteroatoms. The molecule has 0 saturated carbocycles. The average molecular weight is 719 g/mol. The molecule has 0 bridgehead atoms. The molecule has 1 spiro atoms. The van der Waals surface area contributed by atoms with Crippen molar-refractivity contribution in [3.05, 3.63) is 220 Å². The highest BCUT2D eigenvalue weighted by Crippen LogP contribution is 2.64. The van der Waals surface area contributed by atoms with E-state index in [4.69, 9.17) is 4.42 Å². The number of nitrogens with one attached hydrogen (secondary N) is 2. The summed E-state index contributed by atoms with van der Waals surface area (Å²) in [6, 6.07) is 61.5. The SMILES string of the molecule is C1=Cc2oc3c(c2CN1)CNCC3c1ccc(-c2ccc3c(c2)C2(c4ccccc4-3)c3cc(-c4ccccc4)ccc3-c3ccc(-c4ccccc4)cc32)cc1. The minimum atomic E-state index is -0.478. The Kier molecular flexibility index (Phi) is 6.87. The van der Waals surface area contributed by atoms with E-state index in [1.165, 1.54) is 94.6 Å². The van der Waals surface area contributed by atoms with Crippen LogP contribution in [0.15, 0.2) is 174 Å². The van der Waals surface area contributed by atoms with Gasteiger partial charge in [0.1, 0.15) is 11.5 Å². The number of benzene rings is 7. The van der Waals surface area contributed by atoms with Crippen LogP contribution in [0.1, 0.15) is 56.4 Å². The topological polar surface area (TPSA) is 37.2 Å². The lowest BCUT2D eigenvalue weighted by Gasteiger charge is -2.31. The van der Waals surface area contributed by atoms with E-state index in [9.17, 15) is 0 Å². The van der Waals surface area contributed by atoms with Crippen molar-refractivity contribution in [2.45, 2.75) is 24.4 Å². The standard InChI is InChI=1S/C53H38N2O/c1-3-9-33(10-4-1)37-19-23-42-43-24-20-38(34-11-5-2-6-12-34)28-50(43)53(49(42)27-37)47-14-8-7-13-40(47)41-22-21-39(29-48(41)53)35-15-17-36(18-16-35)44-30-55-32-46-45-31-54-26-25-51(45)56-52(44)46/h1-29,44,54-55H,30-32H2. The Balaban J connectivity index is 1.04. The molecule has 8 aromatic rings. The van der Waals surface area contributed by atoms with Crippen LogP contribution in [0, 0.1) is 0 Å². The summed E-state index contributed by atoms with van der Waals surface area (Å²) in [5.74, 6) is 2.28. The Hall–Kier alpha value is -6.68. The summed E-state index contributed by atoms with van der Waals surface area (Å²) in [5, 5.41) is 7.03. The van der Waals surface area contributed by atoms with Gasteiger partial charge in [0.15, 0.2) is 0 Å². The fourth-order valence-corrected chi connectivity index (χ4v) is 10.2. The molecule has 1 unspecified atom stereocenters. The van der Waals surface area contributed by atoms with Crippen LogP contribution in [0.25, 0.3) is 61.7 Å². The van der Waals surface area contributed by atoms with Gasteiger partial charge in [-0.15, -0.1) is 0 Å². The van der Waals surface area contributed by atoms with Crippen molar-refractivity contribution in [3.8, 4) is 55.6 Å². The van der Waals surface area contributed by atoms with Crippen molar-refractivity contribution in [1.29, 1.82) is 0 Å². The first-order chi connectivity index (χ1) is 27.8. The zero-order valence-corrected chi connectivity index (χ0v) is 30.9. The molecule has 0 fully saturated rings. The first-order valence-corrected chi connectivity index (χ1v) is 19.8. The molecule has 4 aliphatic rings. The van der Waals surface area contributed by atoms with Crippen molar-refractivity contribution in [2.75, 3.05) is 6.54 Å². The van der Waals surface area contributed by atoms with E-state index < -0.39 is 5.41 Å². The van der Waals surface area contributed by atoms with Crippen molar-refractivity contribution in [1.82, 2.24) is 10.6 Å². The van der Waals surface area contributed by atoms with E-state index in [-0.39, 0.29) is 5.92 Å². The van der Waals surface area contributed by atoms with Gasteiger partial charge in [0.2, 0.25) is 0 Å². The average Bonchev–Trinajstić information content (AvgIpc) is 3.90. The Morgan fingerprint density at radius 3 is 1.59 bits per heavy atom. The predicted octanol–water partition coefficient (Wildman–Crippen LogP) is 11.9. The second-order valence-electron chi connectivity index (χ2n) is 15.6. The summed E-state index contributed by atoms with van der Waals surface area (Å²) in [6.07, 6.45) is 4.04. The van der Waals surface area contributed by atoms with Crippen molar-refractivity contribution < 1.29 is 4.42 Å². The van der Waals surface area contributed by atoms with Crippen molar-refractivity contribution >= 4 is 6.08 Å². The Bertz CT molecular complexity index is 2790. The maximum absolute atomic E-state index is 6.51. The van der Waals surface area contributed by atoms with Gasteiger partial charge in [0.25, 0.3) is 0 Å². The lowest BCUT2D eigenvalue weighted by molar-refractivity contribution is 0.439.